The number of hydrogen-bond donors (Lipinski definition) is 1. The van der Waals surface area contributed by atoms with Gasteiger partial charge in [-0.25, -0.2) is 0 Å². The fraction of sp³-hybridized carbons (Fsp3) is 0.588. The van der Waals surface area contributed by atoms with Crippen LogP contribution in [0.3, 0.4) is 0 Å². The maximum absolute atomic E-state index is 12.1. The van der Waals surface area contributed by atoms with E-state index in [1.54, 1.807) is 19.0 Å². The number of anilines is 1. The first-order valence-electron chi connectivity index (χ1n) is 7.71. The second kappa shape index (κ2) is 9.40. The lowest BCUT2D eigenvalue weighted by Crippen LogP contribution is -2.23. The van der Waals surface area contributed by atoms with Crippen LogP contribution in [-0.4, -0.2) is 31.4 Å². The van der Waals surface area contributed by atoms with Crippen molar-refractivity contribution in [1.29, 1.82) is 0 Å². The highest BCUT2D eigenvalue weighted by Gasteiger charge is 2.11. The maximum atomic E-state index is 12.1. The second-order valence-electron chi connectivity index (χ2n) is 5.44. The van der Waals surface area contributed by atoms with E-state index < -0.39 is 0 Å². The van der Waals surface area contributed by atoms with Crippen molar-refractivity contribution in [1.82, 2.24) is 4.90 Å². The summed E-state index contributed by atoms with van der Waals surface area (Å²) in [4.78, 5) is 13.7. The van der Waals surface area contributed by atoms with Crippen LogP contribution < -0.4 is 5.32 Å². The van der Waals surface area contributed by atoms with Crippen molar-refractivity contribution >= 4 is 11.6 Å². The normalized spacial score (nSPS) is 10.3. The Hall–Kier alpha value is -1.51. The number of para-hydroxylation sites is 1. The zero-order chi connectivity index (χ0) is 14.8. The van der Waals surface area contributed by atoms with E-state index in [0.717, 1.165) is 24.2 Å². The third kappa shape index (κ3) is 5.64. The molecule has 0 aliphatic heterocycles. The number of carbonyl (C=O) groups excluding carboxylic acids is 1. The summed E-state index contributed by atoms with van der Waals surface area (Å²) in [7, 11) is 3.57. The van der Waals surface area contributed by atoms with Gasteiger partial charge in [-0.15, -0.1) is 0 Å². The zero-order valence-electron chi connectivity index (χ0n) is 13.1. The van der Waals surface area contributed by atoms with Crippen LogP contribution in [0.1, 0.15) is 55.8 Å². The minimum atomic E-state index is 0.0519. The average Bonchev–Trinajstić information content (AvgIpc) is 2.46. The lowest BCUT2D eigenvalue weighted by molar-refractivity contribution is 0.0828. The number of unbranched alkanes of at least 4 members (excludes halogenated alkanes) is 5. The molecular formula is C17H28N2O. The Kier molecular flexibility index (Phi) is 7.78. The molecule has 3 nitrogen and oxygen atoms in total. The summed E-state index contributed by atoms with van der Waals surface area (Å²) in [6.45, 7) is 3.17. The summed E-state index contributed by atoms with van der Waals surface area (Å²) >= 11 is 0. The van der Waals surface area contributed by atoms with Gasteiger partial charge in [0.15, 0.2) is 0 Å². The Morgan fingerprint density at radius 2 is 1.70 bits per heavy atom. The van der Waals surface area contributed by atoms with Gasteiger partial charge in [0.2, 0.25) is 0 Å². The number of rotatable bonds is 9. The molecule has 0 spiro atoms. The Morgan fingerprint density at radius 3 is 2.40 bits per heavy atom. The maximum Gasteiger partial charge on any atom is 0.255 e. The first kappa shape index (κ1) is 16.5. The van der Waals surface area contributed by atoms with Crippen molar-refractivity contribution < 1.29 is 4.79 Å². The molecule has 0 radical (unpaired) electrons. The highest BCUT2D eigenvalue weighted by atomic mass is 16.2. The SMILES string of the molecule is CCCCCCCCNc1ccccc1C(=O)N(C)C. The standard InChI is InChI=1S/C17H28N2O/c1-4-5-6-7-8-11-14-18-16-13-10-9-12-15(16)17(20)19(2)3/h9-10,12-13,18H,4-8,11,14H2,1-3H3. The minimum Gasteiger partial charge on any atom is -0.384 e. The summed E-state index contributed by atoms with van der Waals surface area (Å²) < 4.78 is 0. The van der Waals surface area contributed by atoms with Crippen molar-refractivity contribution in [2.75, 3.05) is 26.0 Å². The van der Waals surface area contributed by atoms with Gasteiger partial charge in [0, 0.05) is 26.3 Å². The summed E-state index contributed by atoms with van der Waals surface area (Å²) in [5, 5.41) is 3.39. The highest BCUT2D eigenvalue weighted by molar-refractivity contribution is 5.99. The van der Waals surface area contributed by atoms with Gasteiger partial charge in [-0.05, 0) is 18.6 Å². The molecule has 1 aromatic rings. The minimum absolute atomic E-state index is 0.0519. The molecule has 1 rings (SSSR count). The smallest absolute Gasteiger partial charge is 0.255 e. The molecule has 0 fully saturated rings. The predicted molar refractivity (Wildman–Crippen MR) is 86.3 cm³/mol. The van der Waals surface area contributed by atoms with Crippen LogP contribution in [0.2, 0.25) is 0 Å². The first-order chi connectivity index (χ1) is 9.66. The second-order valence-corrected chi connectivity index (χ2v) is 5.44. The van der Waals surface area contributed by atoms with Gasteiger partial charge < -0.3 is 10.2 Å². The van der Waals surface area contributed by atoms with E-state index in [9.17, 15) is 4.79 Å². The lowest BCUT2D eigenvalue weighted by Gasteiger charge is -2.15. The molecule has 1 N–H and O–H groups in total. The van der Waals surface area contributed by atoms with Crippen molar-refractivity contribution in [2.45, 2.75) is 45.4 Å². The molecule has 0 aliphatic carbocycles. The number of amides is 1. The van der Waals surface area contributed by atoms with Gasteiger partial charge in [-0.1, -0.05) is 51.2 Å². The van der Waals surface area contributed by atoms with Crippen molar-refractivity contribution in [3.63, 3.8) is 0 Å². The van der Waals surface area contributed by atoms with Crippen LogP contribution in [0.15, 0.2) is 24.3 Å². The molecule has 0 saturated heterocycles. The molecule has 0 atom stereocenters. The van der Waals surface area contributed by atoms with Crippen molar-refractivity contribution in [3.8, 4) is 0 Å². The fourth-order valence-corrected chi connectivity index (χ4v) is 2.19. The highest BCUT2D eigenvalue weighted by Crippen LogP contribution is 2.16. The van der Waals surface area contributed by atoms with Gasteiger partial charge in [-0.2, -0.15) is 0 Å². The van der Waals surface area contributed by atoms with Gasteiger partial charge in [0.25, 0.3) is 5.91 Å². The number of nitrogens with zero attached hydrogens (tertiary/aromatic N) is 1. The predicted octanol–water partition coefficient (Wildman–Crippen LogP) is 4.16. The van der Waals surface area contributed by atoms with Crippen molar-refractivity contribution in [2.24, 2.45) is 0 Å². The van der Waals surface area contributed by atoms with E-state index in [1.807, 2.05) is 24.3 Å². The third-order valence-electron chi connectivity index (χ3n) is 3.41. The Morgan fingerprint density at radius 1 is 1.05 bits per heavy atom. The fourth-order valence-electron chi connectivity index (χ4n) is 2.19. The Labute approximate surface area is 123 Å². The number of carbonyl (C=O) groups is 1. The van der Waals surface area contributed by atoms with E-state index in [-0.39, 0.29) is 5.91 Å². The van der Waals surface area contributed by atoms with E-state index in [0.29, 0.717) is 0 Å². The quantitative estimate of drug-likeness (QED) is 0.687. The first-order valence-corrected chi connectivity index (χ1v) is 7.71. The van der Waals surface area contributed by atoms with Crippen LogP contribution in [0.5, 0.6) is 0 Å². The van der Waals surface area contributed by atoms with Gasteiger partial charge in [0.1, 0.15) is 0 Å². The van der Waals surface area contributed by atoms with Gasteiger partial charge in [-0.3, -0.25) is 4.79 Å². The summed E-state index contributed by atoms with van der Waals surface area (Å²) in [6.07, 6.45) is 7.71. The molecule has 0 bridgehead atoms. The van der Waals surface area contributed by atoms with Gasteiger partial charge in [0.05, 0.1) is 5.56 Å². The molecule has 0 saturated carbocycles. The molecule has 0 unspecified atom stereocenters. The van der Waals surface area contributed by atoms with Crippen LogP contribution in [0, 0.1) is 0 Å². The topological polar surface area (TPSA) is 32.3 Å². The van der Waals surface area contributed by atoms with E-state index in [4.69, 9.17) is 0 Å². The molecule has 112 valence electrons. The molecule has 1 aromatic carbocycles. The third-order valence-corrected chi connectivity index (χ3v) is 3.41. The molecule has 1 amide bonds. The van der Waals surface area contributed by atoms with Crippen LogP contribution in [-0.2, 0) is 0 Å². The Balaban J connectivity index is 2.38. The van der Waals surface area contributed by atoms with E-state index >= 15 is 0 Å². The summed E-state index contributed by atoms with van der Waals surface area (Å²) in [6, 6.07) is 7.74. The van der Waals surface area contributed by atoms with Crippen LogP contribution in [0.25, 0.3) is 0 Å². The molecule has 0 aliphatic rings. The van der Waals surface area contributed by atoms with Crippen LogP contribution in [0.4, 0.5) is 5.69 Å². The van der Waals surface area contributed by atoms with Gasteiger partial charge >= 0.3 is 0 Å². The van der Waals surface area contributed by atoms with Crippen LogP contribution >= 0.6 is 0 Å². The Bertz CT molecular complexity index is 402. The number of hydrogen-bond acceptors (Lipinski definition) is 2. The number of nitrogens with one attached hydrogen (secondary N) is 1. The van der Waals surface area contributed by atoms with E-state index in [2.05, 4.69) is 12.2 Å². The largest absolute Gasteiger partial charge is 0.384 e. The summed E-state index contributed by atoms with van der Waals surface area (Å²) in [5.41, 5.74) is 1.70. The monoisotopic (exact) mass is 276 g/mol. The number of benzene rings is 1. The lowest BCUT2D eigenvalue weighted by atomic mass is 10.1. The van der Waals surface area contributed by atoms with E-state index in [1.165, 1.54) is 32.1 Å². The average molecular weight is 276 g/mol. The zero-order valence-corrected chi connectivity index (χ0v) is 13.1. The molecule has 0 heterocycles. The molecule has 3 heteroatoms. The molecule has 20 heavy (non-hydrogen) atoms. The molecular weight excluding hydrogens is 248 g/mol. The molecule has 0 aromatic heterocycles. The van der Waals surface area contributed by atoms with Crippen molar-refractivity contribution in [3.05, 3.63) is 29.8 Å². The summed E-state index contributed by atoms with van der Waals surface area (Å²) in [5.74, 6) is 0.0519.